The predicted octanol–water partition coefficient (Wildman–Crippen LogP) is 1.40. The number of carbonyl (C=O) groups is 1. The molecule has 0 radical (unpaired) electrons. The highest BCUT2D eigenvalue weighted by Crippen LogP contribution is 2.33. The zero-order valence-corrected chi connectivity index (χ0v) is 13.8. The number of amides is 1. The second kappa shape index (κ2) is 5.83. The number of carbonyl (C=O) groups excluding carboxylic acids is 1. The number of benzene rings is 1. The number of H-pyrrole nitrogens is 1. The van der Waals surface area contributed by atoms with Gasteiger partial charge >= 0.3 is 0 Å². The minimum atomic E-state index is -0.0579. The highest BCUT2D eigenvalue weighted by atomic mass is 16.7. The molecule has 0 aliphatic carbocycles. The van der Waals surface area contributed by atoms with E-state index in [4.69, 9.17) is 9.47 Å². The third-order valence-electron chi connectivity index (χ3n) is 4.46. The van der Waals surface area contributed by atoms with Gasteiger partial charge in [0.25, 0.3) is 5.91 Å². The predicted molar refractivity (Wildman–Crippen MR) is 87.0 cm³/mol. The summed E-state index contributed by atoms with van der Waals surface area (Å²) in [5.41, 5.74) is 3.79. The van der Waals surface area contributed by atoms with Gasteiger partial charge in [0.2, 0.25) is 6.79 Å². The molecule has 2 aliphatic rings. The van der Waals surface area contributed by atoms with Crippen LogP contribution in [0.2, 0.25) is 0 Å². The summed E-state index contributed by atoms with van der Waals surface area (Å²) in [6.07, 6.45) is 0.869. The summed E-state index contributed by atoms with van der Waals surface area (Å²) in [6, 6.07) is 6.04. The van der Waals surface area contributed by atoms with Gasteiger partial charge in [-0.3, -0.25) is 14.8 Å². The molecule has 1 aromatic heterocycles. The van der Waals surface area contributed by atoms with Crippen molar-refractivity contribution in [1.29, 1.82) is 0 Å². The van der Waals surface area contributed by atoms with Crippen LogP contribution in [0.1, 0.15) is 27.3 Å². The van der Waals surface area contributed by atoms with Crippen LogP contribution in [-0.4, -0.2) is 53.3 Å². The summed E-state index contributed by atoms with van der Waals surface area (Å²) in [5.74, 6) is 1.54. The van der Waals surface area contributed by atoms with E-state index in [1.807, 2.05) is 12.1 Å². The SMILES string of the molecule is CN(C)C(=O)c1n[nH]c2c1CN(Cc1ccc3c(c1)OCO3)CC2. The lowest BCUT2D eigenvalue weighted by Gasteiger charge is -2.27. The highest BCUT2D eigenvalue weighted by Gasteiger charge is 2.26. The molecule has 2 aliphatic heterocycles. The minimum absolute atomic E-state index is 0.0579. The Labute approximate surface area is 140 Å². The Bertz CT molecular complexity index is 784. The van der Waals surface area contributed by atoms with Gasteiger partial charge in [-0.1, -0.05) is 6.07 Å². The Morgan fingerprint density at radius 1 is 1.33 bits per heavy atom. The smallest absolute Gasteiger partial charge is 0.274 e. The number of aromatic nitrogens is 2. The van der Waals surface area contributed by atoms with Crippen LogP contribution in [-0.2, 0) is 19.5 Å². The lowest BCUT2D eigenvalue weighted by molar-refractivity contribution is 0.0819. The van der Waals surface area contributed by atoms with E-state index in [9.17, 15) is 4.79 Å². The summed E-state index contributed by atoms with van der Waals surface area (Å²) < 4.78 is 10.8. The molecule has 4 rings (SSSR count). The first kappa shape index (κ1) is 15.0. The number of hydrogen-bond donors (Lipinski definition) is 1. The maximum atomic E-state index is 12.3. The summed E-state index contributed by atoms with van der Waals surface area (Å²) in [7, 11) is 3.49. The van der Waals surface area contributed by atoms with E-state index in [1.165, 1.54) is 5.56 Å². The Morgan fingerprint density at radius 3 is 3.00 bits per heavy atom. The molecule has 24 heavy (non-hydrogen) atoms. The molecule has 1 N–H and O–H groups in total. The molecule has 7 nitrogen and oxygen atoms in total. The molecule has 126 valence electrons. The zero-order valence-electron chi connectivity index (χ0n) is 13.8. The Kier molecular flexibility index (Phi) is 3.65. The lowest BCUT2D eigenvalue weighted by atomic mass is 10.0. The van der Waals surface area contributed by atoms with Crippen LogP contribution in [0.5, 0.6) is 11.5 Å². The fourth-order valence-corrected chi connectivity index (χ4v) is 3.17. The normalized spacial score (nSPS) is 16.1. The Morgan fingerprint density at radius 2 is 2.17 bits per heavy atom. The van der Waals surface area contributed by atoms with Crippen molar-refractivity contribution >= 4 is 5.91 Å². The molecule has 2 aromatic rings. The van der Waals surface area contributed by atoms with Crippen molar-refractivity contribution in [2.24, 2.45) is 0 Å². The van der Waals surface area contributed by atoms with Crippen molar-refractivity contribution in [2.75, 3.05) is 27.4 Å². The van der Waals surface area contributed by atoms with E-state index in [0.717, 1.165) is 48.8 Å². The maximum Gasteiger partial charge on any atom is 0.274 e. The lowest BCUT2D eigenvalue weighted by Crippen LogP contribution is -2.31. The summed E-state index contributed by atoms with van der Waals surface area (Å²) in [5, 5.41) is 7.25. The molecule has 0 saturated heterocycles. The average molecular weight is 328 g/mol. The molecule has 0 spiro atoms. The number of rotatable bonds is 3. The fourth-order valence-electron chi connectivity index (χ4n) is 3.17. The van der Waals surface area contributed by atoms with Crippen LogP contribution in [0.25, 0.3) is 0 Å². The number of fused-ring (bicyclic) bond motifs is 2. The molecule has 1 amide bonds. The summed E-state index contributed by atoms with van der Waals surface area (Å²) in [6.45, 7) is 2.74. The van der Waals surface area contributed by atoms with E-state index >= 15 is 0 Å². The average Bonchev–Trinajstić information content (AvgIpc) is 3.19. The number of hydrogen-bond acceptors (Lipinski definition) is 5. The molecular formula is C17H20N4O3. The quantitative estimate of drug-likeness (QED) is 0.922. The fraction of sp³-hybridized carbons (Fsp3) is 0.412. The van der Waals surface area contributed by atoms with Crippen molar-refractivity contribution in [3.05, 3.63) is 40.7 Å². The molecule has 0 unspecified atom stereocenters. The van der Waals surface area contributed by atoms with Gasteiger partial charge in [0, 0.05) is 51.4 Å². The minimum Gasteiger partial charge on any atom is -0.454 e. The third kappa shape index (κ3) is 2.60. The second-order valence-corrected chi connectivity index (χ2v) is 6.38. The number of nitrogens with zero attached hydrogens (tertiary/aromatic N) is 3. The molecule has 0 bridgehead atoms. The van der Waals surface area contributed by atoms with Crippen LogP contribution < -0.4 is 9.47 Å². The Hall–Kier alpha value is -2.54. The van der Waals surface area contributed by atoms with Crippen molar-refractivity contribution in [2.45, 2.75) is 19.5 Å². The first-order valence-corrected chi connectivity index (χ1v) is 8.00. The van der Waals surface area contributed by atoms with Crippen molar-refractivity contribution in [1.82, 2.24) is 20.0 Å². The van der Waals surface area contributed by atoms with Crippen LogP contribution >= 0.6 is 0 Å². The van der Waals surface area contributed by atoms with Gasteiger partial charge in [0.15, 0.2) is 17.2 Å². The maximum absolute atomic E-state index is 12.3. The molecule has 1 aromatic carbocycles. The van der Waals surface area contributed by atoms with Gasteiger partial charge in [-0.2, -0.15) is 5.10 Å². The van der Waals surface area contributed by atoms with E-state index in [2.05, 4.69) is 21.2 Å². The molecule has 0 atom stereocenters. The molecule has 7 heteroatoms. The van der Waals surface area contributed by atoms with Crippen LogP contribution in [0.15, 0.2) is 18.2 Å². The van der Waals surface area contributed by atoms with Gasteiger partial charge in [-0.05, 0) is 17.7 Å². The summed E-state index contributed by atoms with van der Waals surface area (Å²) in [4.78, 5) is 16.1. The van der Waals surface area contributed by atoms with Gasteiger partial charge in [-0.25, -0.2) is 0 Å². The van der Waals surface area contributed by atoms with Crippen molar-refractivity contribution in [3.63, 3.8) is 0 Å². The van der Waals surface area contributed by atoms with E-state index in [0.29, 0.717) is 5.69 Å². The van der Waals surface area contributed by atoms with Gasteiger partial charge in [0.05, 0.1) is 0 Å². The third-order valence-corrected chi connectivity index (χ3v) is 4.46. The largest absolute Gasteiger partial charge is 0.454 e. The second-order valence-electron chi connectivity index (χ2n) is 6.38. The first-order valence-electron chi connectivity index (χ1n) is 8.00. The standard InChI is InChI=1S/C17H20N4O3/c1-20(2)17(22)16-12-9-21(6-5-13(12)18-19-16)8-11-3-4-14-15(7-11)24-10-23-14/h3-4,7H,5-6,8-10H2,1-2H3,(H,18,19). The van der Waals surface area contributed by atoms with E-state index < -0.39 is 0 Å². The summed E-state index contributed by atoms with van der Waals surface area (Å²) >= 11 is 0. The van der Waals surface area contributed by atoms with Gasteiger partial charge < -0.3 is 14.4 Å². The van der Waals surface area contributed by atoms with Crippen molar-refractivity contribution < 1.29 is 14.3 Å². The molecule has 0 fully saturated rings. The molecule has 3 heterocycles. The van der Waals surface area contributed by atoms with E-state index in [1.54, 1.807) is 19.0 Å². The van der Waals surface area contributed by atoms with Crippen LogP contribution in [0.3, 0.4) is 0 Å². The van der Waals surface area contributed by atoms with Crippen LogP contribution in [0, 0.1) is 0 Å². The number of nitrogens with one attached hydrogen (secondary N) is 1. The monoisotopic (exact) mass is 328 g/mol. The van der Waals surface area contributed by atoms with Gasteiger partial charge in [0.1, 0.15) is 0 Å². The highest BCUT2D eigenvalue weighted by molar-refractivity contribution is 5.93. The Balaban J connectivity index is 1.52. The van der Waals surface area contributed by atoms with Crippen molar-refractivity contribution in [3.8, 4) is 11.5 Å². The molecule has 0 saturated carbocycles. The van der Waals surface area contributed by atoms with Gasteiger partial charge in [-0.15, -0.1) is 0 Å². The number of aromatic amines is 1. The van der Waals surface area contributed by atoms with Crippen LogP contribution in [0.4, 0.5) is 0 Å². The zero-order chi connectivity index (χ0) is 16.7. The topological polar surface area (TPSA) is 70.7 Å². The first-order chi connectivity index (χ1) is 11.6. The number of ether oxygens (including phenoxy) is 2. The van der Waals surface area contributed by atoms with E-state index in [-0.39, 0.29) is 12.7 Å². The molecular weight excluding hydrogens is 308 g/mol.